The number of carbonyl (C=O) groups excluding carboxylic acids is 1. The number of oxazole rings is 1. The molecule has 0 bridgehead atoms. The van der Waals surface area contributed by atoms with Gasteiger partial charge in [0.15, 0.2) is 5.78 Å². The van der Waals surface area contributed by atoms with Gasteiger partial charge in [0, 0.05) is 29.9 Å². The molecule has 1 aliphatic heterocycles. The molecule has 0 fully saturated rings. The summed E-state index contributed by atoms with van der Waals surface area (Å²) in [6, 6.07) is 8.30. The van der Waals surface area contributed by atoms with Crippen LogP contribution in [0.2, 0.25) is 0 Å². The highest BCUT2D eigenvalue weighted by molar-refractivity contribution is 8.00. The maximum absolute atomic E-state index is 12.8. The Morgan fingerprint density at radius 3 is 2.60 bits per heavy atom. The third-order valence-electron chi connectivity index (χ3n) is 4.91. The Hall–Kier alpha value is -2.01. The van der Waals surface area contributed by atoms with Crippen molar-refractivity contribution in [3.05, 3.63) is 53.1 Å². The lowest BCUT2D eigenvalue weighted by atomic mass is 9.83. The van der Waals surface area contributed by atoms with E-state index in [0.717, 1.165) is 22.8 Å². The predicted molar refractivity (Wildman–Crippen MR) is 102 cm³/mol. The first-order valence-corrected chi connectivity index (χ1v) is 9.29. The van der Waals surface area contributed by atoms with Gasteiger partial charge in [0.1, 0.15) is 5.76 Å². The number of hydrogen-bond acceptors (Lipinski definition) is 5. The maximum atomic E-state index is 12.8. The van der Waals surface area contributed by atoms with Crippen molar-refractivity contribution in [2.45, 2.75) is 50.5 Å². The zero-order chi connectivity index (χ0) is 18.4. The van der Waals surface area contributed by atoms with Crippen molar-refractivity contribution in [1.29, 1.82) is 0 Å². The number of hydrogen-bond donors (Lipinski definition) is 0. The lowest BCUT2D eigenvalue weighted by Gasteiger charge is -2.24. The quantitative estimate of drug-likeness (QED) is 0.589. The van der Waals surface area contributed by atoms with Gasteiger partial charge in [-0.2, -0.15) is 0 Å². The van der Waals surface area contributed by atoms with E-state index in [1.165, 1.54) is 17.3 Å². The minimum atomic E-state index is -0.252. The van der Waals surface area contributed by atoms with Gasteiger partial charge < -0.3 is 9.32 Å². The number of fused-ring (bicyclic) bond motifs is 1. The number of rotatable bonds is 4. The van der Waals surface area contributed by atoms with E-state index in [2.05, 4.69) is 35.9 Å². The van der Waals surface area contributed by atoms with Gasteiger partial charge in [0.2, 0.25) is 0 Å². The summed E-state index contributed by atoms with van der Waals surface area (Å²) >= 11 is 1.36. The van der Waals surface area contributed by atoms with Crippen LogP contribution in [0.15, 0.2) is 45.7 Å². The summed E-state index contributed by atoms with van der Waals surface area (Å²) < 4.78 is 5.59. The molecule has 25 heavy (non-hydrogen) atoms. The van der Waals surface area contributed by atoms with E-state index in [1.54, 1.807) is 6.08 Å². The first-order chi connectivity index (χ1) is 11.7. The summed E-state index contributed by atoms with van der Waals surface area (Å²) in [5.74, 6) is 0.869. The van der Waals surface area contributed by atoms with E-state index in [-0.39, 0.29) is 16.4 Å². The largest absolute Gasteiger partial charge is 0.437 e. The van der Waals surface area contributed by atoms with E-state index in [0.29, 0.717) is 5.22 Å². The molecule has 4 nitrogen and oxygen atoms in total. The Bertz CT molecular complexity index is 832. The van der Waals surface area contributed by atoms with Gasteiger partial charge in [-0.1, -0.05) is 43.8 Å². The normalized spacial score (nSPS) is 18.5. The molecule has 1 unspecified atom stereocenters. The minimum Gasteiger partial charge on any atom is -0.437 e. The summed E-state index contributed by atoms with van der Waals surface area (Å²) in [6.07, 6.45) is 1.78. The first-order valence-electron chi connectivity index (χ1n) is 8.41. The average Bonchev–Trinajstić information content (AvgIpc) is 2.97. The van der Waals surface area contributed by atoms with Crippen molar-refractivity contribution >= 4 is 23.2 Å². The van der Waals surface area contributed by atoms with Crippen molar-refractivity contribution in [3.8, 4) is 0 Å². The van der Waals surface area contributed by atoms with Gasteiger partial charge in [-0.25, -0.2) is 4.98 Å². The third-order valence-corrected chi connectivity index (χ3v) is 5.87. The van der Waals surface area contributed by atoms with E-state index < -0.39 is 0 Å². The zero-order valence-electron chi connectivity index (χ0n) is 15.6. The van der Waals surface area contributed by atoms with Gasteiger partial charge in [0.25, 0.3) is 5.22 Å². The molecule has 5 heteroatoms. The van der Waals surface area contributed by atoms with Crippen molar-refractivity contribution < 1.29 is 9.21 Å². The van der Waals surface area contributed by atoms with Gasteiger partial charge in [-0.05, 0) is 32.4 Å². The summed E-state index contributed by atoms with van der Waals surface area (Å²) in [4.78, 5) is 19.3. The van der Waals surface area contributed by atoms with Crippen LogP contribution in [0.3, 0.4) is 0 Å². The van der Waals surface area contributed by atoms with Gasteiger partial charge >= 0.3 is 0 Å². The molecular formula is C20H24N2O2S. The monoisotopic (exact) mass is 356 g/mol. The minimum absolute atomic E-state index is 0.0706. The van der Waals surface area contributed by atoms with E-state index in [1.807, 2.05) is 40.0 Å². The number of benzene rings is 1. The zero-order valence-corrected chi connectivity index (χ0v) is 16.4. The number of ketones is 1. The molecule has 0 spiro atoms. The van der Waals surface area contributed by atoms with Gasteiger partial charge in [-0.3, -0.25) is 4.79 Å². The number of thioether (sulfide) groups is 1. The molecule has 1 atom stereocenters. The van der Waals surface area contributed by atoms with Crippen molar-refractivity contribution in [2.75, 3.05) is 11.9 Å². The Morgan fingerprint density at radius 1 is 1.32 bits per heavy atom. The summed E-state index contributed by atoms with van der Waals surface area (Å²) in [5, 5.41) is 0.300. The van der Waals surface area contributed by atoms with Crippen LogP contribution < -0.4 is 4.90 Å². The Balaban J connectivity index is 1.83. The molecule has 3 rings (SSSR count). The fourth-order valence-electron chi connectivity index (χ4n) is 3.21. The number of aryl methyl sites for hydroxylation is 2. The maximum Gasteiger partial charge on any atom is 0.256 e. The standard InChI is InChI=1S/C20H24N2O2S/c1-12-13(2)24-19(21-12)25-14(3)17(23)11-18-20(4,5)15-9-7-8-10-16(15)22(18)6/h7-11,14H,1-6H3/b18-11+. The molecule has 2 heterocycles. The lowest BCUT2D eigenvalue weighted by Crippen LogP contribution is -2.25. The lowest BCUT2D eigenvalue weighted by molar-refractivity contribution is -0.114. The van der Waals surface area contributed by atoms with E-state index in [9.17, 15) is 4.79 Å². The Labute approximate surface area is 153 Å². The average molecular weight is 356 g/mol. The molecular weight excluding hydrogens is 332 g/mol. The van der Waals surface area contributed by atoms with E-state index >= 15 is 0 Å². The third kappa shape index (κ3) is 3.13. The number of anilines is 1. The van der Waals surface area contributed by atoms with Crippen LogP contribution in [0.4, 0.5) is 5.69 Å². The van der Waals surface area contributed by atoms with Crippen molar-refractivity contribution in [1.82, 2.24) is 4.98 Å². The fourth-order valence-corrected chi connectivity index (χ4v) is 4.06. The highest BCUT2D eigenvalue weighted by Crippen LogP contribution is 2.46. The molecule has 1 aromatic carbocycles. The van der Waals surface area contributed by atoms with Gasteiger partial charge in [-0.15, -0.1) is 0 Å². The molecule has 0 saturated carbocycles. The molecule has 1 aromatic heterocycles. The SMILES string of the molecule is Cc1nc(SC(C)C(=O)/C=C2/N(C)c3ccccc3C2(C)C)oc1C. The van der Waals surface area contributed by atoms with Crippen LogP contribution >= 0.6 is 11.8 Å². The Kier molecular flexibility index (Phi) is 4.54. The van der Waals surface area contributed by atoms with Crippen molar-refractivity contribution in [3.63, 3.8) is 0 Å². The second-order valence-electron chi connectivity index (χ2n) is 7.01. The molecule has 2 aromatic rings. The number of nitrogens with zero attached hydrogens (tertiary/aromatic N) is 2. The second kappa shape index (κ2) is 6.37. The smallest absolute Gasteiger partial charge is 0.256 e. The van der Waals surface area contributed by atoms with Crippen LogP contribution in [0.25, 0.3) is 0 Å². The second-order valence-corrected chi connectivity index (χ2v) is 8.31. The van der Waals surface area contributed by atoms with E-state index in [4.69, 9.17) is 4.42 Å². The van der Waals surface area contributed by atoms with Crippen molar-refractivity contribution in [2.24, 2.45) is 0 Å². The molecule has 1 aliphatic rings. The number of likely N-dealkylation sites (N-methyl/N-ethyl adjacent to an activating group) is 1. The molecule has 0 saturated heterocycles. The topological polar surface area (TPSA) is 46.3 Å². The summed E-state index contributed by atoms with van der Waals surface area (Å²) in [6.45, 7) is 10.0. The number of carbonyl (C=O) groups is 1. The molecule has 0 aliphatic carbocycles. The van der Waals surface area contributed by atoms with Crippen LogP contribution in [0, 0.1) is 13.8 Å². The Morgan fingerprint density at radius 2 is 2.00 bits per heavy atom. The number of aromatic nitrogens is 1. The summed E-state index contributed by atoms with van der Waals surface area (Å²) in [5.41, 5.74) is 4.10. The fraction of sp³-hybridized carbons (Fsp3) is 0.400. The van der Waals surface area contributed by atoms with Crippen LogP contribution in [0.1, 0.15) is 37.8 Å². The molecule has 0 amide bonds. The van der Waals surface area contributed by atoms with Crippen LogP contribution in [0.5, 0.6) is 0 Å². The highest BCUT2D eigenvalue weighted by Gasteiger charge is 2.38. The number of allylic oxidation sites excluding steroid dienone is 2. The first kappa shape index (κ1) is 17.8. The molecule has 132 valence electrons. The van der Waals surface area contributed by atoms with Crippen LogP contribution in [-0.2, 0) is 10.2 Å². The summed E-state index contributed by atoms with van der Waals surface area (Å²) in [7, 11) is 2.02. The predicted octanol–water partition coefficient (Wildman–Crippen LogP) is 4.65. The molecule has 0 radical (unpaired) electrons. The molecule has 0 N–H and O–H groups in total. The highest BCUT2D eigenvalue weighted by atomic mass is 32.2. The number of para-hydroxylation sites is 1. The van der Waals surface area contributed by atoms with Crippen LogP contribution in [-0.4, -0.2) is 23.1 Å². The van der Waals surface area contributed by atoms with Gasteiger partial charge in [0.05, 0.1) is 10.9 Å².